The number of hydrogen-bond donors (Lipinski definition) is 3. The topological polar surface area (TPSA) is 106 Å². The molecule has 4 N–H and O–H groups in total. The SMILES string of the molecule is C[C@H](N)C(=O)NCc1ccc(C(=O)O)o1. The summed E-state index contributed by atoms with van der Waals surface area (Å²) in [5.74, 6) is -1.23. The molecule has 1 rings (SSSR count). The van der Waals surface area contributed by atoms with Crippen molar-refractivity contribution < 1.29 is 19.1 Å². The van der Waals surface area contributed by atoms with Gasteiger partial charge in [0.25, 0.3) is 0 Å². The zero-order valence-corrected chi connectivity index (χ0v) is 8.19. The van der Waals surface area contributed by atoms with Gasteiger partial charge in [0, 0.05) is 0 Å². The van der Waals surface area contributed by atoms with Crippen molar-refractivity contribution in [3.05, 3.63) is 23.7 Å². The van der Waals surface area contributed by atoms with E-state index in [9.17, 15) is 9.59 Å². The van der Waals surface area contributed by atoms with Gasteiger partial charge >= 0.3 is 5.97 Å². The highest BCUT2D eigenvalue weighted by Gasteiger charge is 2.11. The van der Waals surface area contributed by atoms with Crippen LogP contribution >= 0.6 is 0 Å². The molecule has 0 saturated carbocycles. The van der Waals surface area contributed by atoms with E-state index in [-0.39, 0.29) is 18.2 Å². The normalized spacial score (nSPS) is 12.1. The van der Waals surface area contributed by atoms with E-state index >= 15 is 0 Å². The average molecular weight is 212 g/mol. The fraction of sp³-hybridized carbons (Fsp3) is 0.333. The van der Waals surface area contributed by atoms with Gasteiger partial charge in [-0.15, -0.1) is 0 Å². The highest BCUT2D eigenvalue weighted by molar-refractivity contribution is 5.84. The quantitative estimate of drug-likeness (QED) is 0.648. The van der Waals surface area contributed by atoms with Crippen LogP contribution in [0.3, 0.4) is 0 Å². The molecule has 0 unspecified atom stereocenters. The van der Waals surface area contributed by atoms with Crippen LogP contribution in [0.5, 0.6) is 0 Å². The third-order valence-corrected chi connectivity index (χ3v) is 1.72. The molecule has 0 bridgehead atoms. The second-order valence-corrected chi connectivity index (χ2v) is 3.08. The standard InChI is InChI=1S/C9H12N2O4/c1-5(10)8(12)11-4-6-2-3-7(15-6)9(13)14/h2-3,5H,4,10H2,1H3,(H,11,12)(H,13,14)/t5-/m0/s1. The molecule has 6 heteroatoms. The van der Waals surface area contributed by atoms with Gasteiger partial charge in [-0.3, -0.25) is 4.79 Å². The summed E-state index contributed by atoms with van der Waals surface area (Å²) < 4.78 is 4.92. The number of amides is 1. The van der Waals surface area contributed by atoms with Gasteiger partial charge in [-0.2, -0.15) is 0 Å². The molecular formula is C9H12N2O4. The maximum atomic E-state index is 11.1. The Kier molecular flexibility index (Phi) is 3.46. The van der Waals surface area contributed by atoms with Crippen molar-refractivity contribution in [2.24, 2.45) is 5.73 Å². The highest BCUT2D eigenvalue weighted by atomic mass is 16.4. The number of carboxylic acid groups (broad SMARTS) is 1. The zero-order chi connectivity index (χ0) is 11.4. The van der Waals surface area contributed by atoms with Gasteiger partial charge in [-0.1, -0.05) is 0 Å². The van der Waals surface area contributed by atoms with Gasteiger partial charge in [0.2, 0.25) is 11.7 Å². The lowest BCUT2D eigenvalue weighted by atomic mass is 10.3. The molecule has 0 spiro atoms. The first-order valence-corrected chi connectivity index (χ1v) is 4.36. The van der Waals surface area contributed by atoms with E-state index in [1.54, 1.807) is 6.92 Å². The summed E-state index contributed by atoms with van der Waals surface area (Å²) in [5.41, 5.74) is 5.32. The minimum Gasteiger partial charge on any atom is -0.475 e. The molecule has 0 aromatic carbocycles. The fourth-order valence-corrected chi connectivity index (χ4v) is 0.923. The van der Waals surface area contributed by atoms with Crippen LogP contribution in [0, 0.1) is 0 Å². The van der Waals surface area contributed by atoms with Crippen LogP contribution in [0.4, 0.5) is 0 Å². The van der Waals surface area contributed by atoms with Crippen molar-refractivity contribution in [1.29, 1.82) is 0 Å². The van der Waals surface area contributed by atoms with Crippen LogP contribution in [-0.4, -0.2) is 23.0 Å². The molecule has 0 aliphatic carbocycles. The predicted octanol–water partition coefficient (Wildman–Crippen LogP) is -0.0588. The lowest BCUT2D eigenvalue weighted by Crippen LogP contribution is -2.37. The van der Waals surface area contributed by atoms with Crippen molar-refractivity contribution in [3.63, 3.8) is 0 Å². The number of nitrogens with two attached hydrogens (primary N) is 1. The summed E-state index contributed by atoms with van der Waals surface area (Å²) in [5, 5.41) is 11.1. The van der Waals surface area contributed by atoms with E-state index in [0.29, 0.717) is 5.76 Å². The van der Waals surface area contributed by atoms with Gasteiger partial charge < -0.3 is 20.6 Å². The first kappa shape index (κ1) is 11.3. The number of carbonyl (C=O) groups excluding carboxylic acids is 1. The van der Waals surface area contributed by atoms with E-state index in [0.717, 1.165) is 0 Å². The number of hydrogen-bond acceptors (Lipinski definition) is 4. The summed E-state index contributed by atoms with van der Waals surface area (Å²) in [7, 11) is 0. The zero-order valence-electron chi connectivity index (χ0n) is 8.19. The second kappa shape index (κ2) is 4.61. The van der Waals surface area contributed by atoms with Crippen LogP contribution in [0.15, 0.2) is 16.5 Å². The largest absolute Gasteiger partial charge is 0.475 e. The maximum absolute atomic E-state index is 11.1. The van der Waals surface area contributed by atoms with Crippen LogP contribution in [0.2, 0.25) is 0 Å². The lowest BCUT2D eigenvalue weighted by Gasteiger charge is -2.05. The first-order valence-electron chi connectivity index (χ1n) is 4.36. The Balaban J connectivity index is 2.51. The number of nitrogens with one attached hydrogen (secondary N) is 1. The lowest BCUT2D eigenvalue weighted by molar-refractivity contribution is -0.122. The summed E-state index contributed by atoms with van der Waals surface area (Å²) in [4.78, 5) is 21.5. The van der Waals surface area contributed by atoms with Crippen LogP contribution < -0.4 is 11.1 Å². The highest BCUT2D eigenvalue weighted by Crippen LogP contribution is 2.07. The van der Waals surface area contributed by atoms with Crippen LogP contribution in [0.25, 0.3) is 0 Å². The van der Waals surface area contributed by atoms with Gasteiger partial charge in [-0.25, -0.2) is 4.79 Å². The molecule has 6 nitrogen and oxygen atoms in total. The first-order chi connectivity index (χ1) is 7.00. The maximum Gasteiger partial charge on any atom is 0.371 e. The summed E-state index contributed by atoms with van der Waals surface area (Å²) in [6.45, 7) is 1.69. The number of aromatic carboxylic acids is 1. The Hall–Kier alpha value is -1.82. The molecule has 82 valence electrons. The van der Waals surface area contributed by atoms with Crippen molar-refractivity contribution in [2.75, 3.05) is 0 Å². The molecule has 1 aromatic rings. The molecule has 1 heterocycles. The fourth-order valence-electron chi connectivity index (χ4n) is 0.923. The van der Waals surface area contributed by atoms with Crippen LogP contribution in [0.1, 0.15) is 23.2 Å². The third kappa shape index (κ3) is 3.10. The number of rotatable bonds is 4. The van der Waals surface area contributed by atoms with Crippen molar-refractivity contribution >= 4 is 11.9 Å². The molecule has 1 aromatic heterocycles. The van der Waals surface area contributed by atoms with E-state index in [1.807, 2.05) is 0 Å². The average Bonchev–Trinajstić information content (AvgIpc) is 2.62. The minimum absolute atomic E-state index is 0.133. The Bertz CT molecular complexity index is 370. The van der Waals surface area contributed by atoms with Gasteiger partial charge in [-0.05, 0) is 19.1 Å². The second-order valence-electron chi connectivity index (χ2n) is 3.08. The summed E-state index contributed by atoms with van der Waals surface area (Å²) in [6, 6.07) is 2.22. The van der Waals surface area contributed by atoms with Gasteiger partial charge in [0.1, 0.15) is 5.76 Å². The van der Waals surface area contributed by atoms with E-state index < -0.39 is 12.0 Å². The van der Waals surface area contributed by atoms with Gasteiger partial charge in [0.15, 0.2) is 0 Å². The van der Waals surface area contributed by atoms with Crippen molar-refractivity contribution in [1.82, 2.24) is 5.32 Å². The van der Waals surface area contributed by atoms with E-state index in [1.165, 1.54) is 12.1 Å². The smallest absolute Gasteiger partial charge is 0.371 e. The van der Waals surface area contributed by atoms with E-state index in [4.69, 9.17) is 15.3 Å². The Labute approximate surface area is 86.1 Å². The molecule has 15 heavy (non-hydrogen) atoms. The predicted molar refractivity (Wildman–Crippen MR) is 51.2 cm³/mol. The van der Waals surface area contributed by atoms with E-state index in [2.05, 4.69) is 5.32 Å². The molecule has 1 amide bonds. The molecular weight excluding hydrogens is 200 g/mol. The number of furan rings is 1. The molecule has 0 aliphatic rings. The Morgan fingerprint density at radius 3 is 2.73 bits per heavy atom. The third-order valence-electron chi connectivity index (χ3n) is 1.72. The van der Waals surface area contributed by atoms with Gasteiger partial charge in [0.05, 0.1) is 12.6 Å². The molecule has 0 fully saturated rings. The number of carbonyl (C=O) groups is 2. The number of carboxylic acids is 1. The van der Waals surface area contributed by atoms with Crippen LogP contribution in [-0.2, 0) is 11.3 Å². The summed E-state index contributed by atoms with van der Waals surface area (Å²) in [6.07, 6.45) is 0. The molecule has 0 aliphatic heterocycles. The monoisotopic (exact) mass is 212 g/mol. The molecule has 0 radical (unpaired) electrons. The molecule has 1 atom stereocenters. The molecule has 0 saturated heterocycles. The minimum atomic E-state index is -1.14. The Morgan fingerprint density at radius 1 is 1.60 bits per heavy atom. The van der Waals surface area contributed by atoms with Crippen molar-refractivity contribution in [3.8, 4) is 0 Å². The Morgan fingerprint density at radius 2 is 2.27 bits per heavy atom. The van der Waals surface area contributed by atoms with Crippen molar-refractivity contribution in [2.45, 2.75) is 19.5 Å². The summed E-state index contributed by atoms with van der Waals surface area (Å²) >= 11 is 0.